The Morgan fingerprint density at radius 2 is 1.82 bits per heavy atom. The Morgan fingerprint density at radius 1 is 1.05 bits per heavy atom. The Labute approximate surface area is 264 Å². The summed E-state index contributed by atoms with van der Waals surface area (Å²) < 4.78 is 10.1. The second kappa shape index (κ2) is 13.8. The summed E-state index contributed by atoms with van der Waals surface area (Å²) in [5, 5.41) is 6.54. The van der Waals surface area contributed by atoms with Crippen molar-refractivity contribution in [3.05, 3.63) is 111 Å². The highest BCUT2D eigenvalue weighted by Gasteiger charge is 2.26. The van der Waals surface area contributed by atoms with Crippen LogP contribution in [0.25, 0.3) is 17.3 Å². The minimum Gasteiger partial charge on any atom is -0.462 e. The van der Waals surface area contributed by atoms with E-state index in [0.717, 1.165) is 22.3 Å². The average Bonchev–Trinajstić information content (AvgIpc) is 3.58. The van der Waals surface area contributed by atoms with Crippen LogP contribution in [0.5, 0.6) is 0 Å². The van der Waals surface area contributed by atoms with E-state index in [1.165, 1.54) is 20.1 Å². The van der Waals surface area contributed by atoms with Gasteiger partial charge in [-0.25, -0.2) is 9.78 Å². The molecule has 4 aromatic rings. The molecule has 226 valence electrons. The number of amides is 2. The van der Waals surface area contributed by atoms with Crippen LogP contribution in [-0.4, -0.2) is 41.2 Å². The predicted octanol–water partition coefficient (Wildman–Crippen LogP) is 6.71. The van der Waals surface area contributed by atoms with E-state index in [9.17, 15) is 14.4 Å². The summed E-state index contributed by atoms with van der Waals surface area (Å²) >= 11 is 12.7. The lowest BCUT2D eigenvalue weighted by molar-refractivity contribution is -0.145. The van der Waals surface area contributed by atoms with Crippen molar-refractivity contribution in [3.8, 4) is 11.3 Å². The molecule has 5 rings (SSSR count). The highest BCUT2D eigenvalue weighted by atomic mass is 35.5. The molecule has 0 bridgehead atoms. The number of carbonyl (C=O) groups excluding carboxylic acids is 3. The summed E-state index contributed by atoms with van der Waals surface area (Å²) in [6.07, 6.45) is 4.12. The Hall–Kier alpha value is -4.60. The third-order valence-corrected chi connectivity index (χ3v) is 7.64. The van der Waals surface area contributed by atoms with Crippen molar-refractivity contribution in [2.24, 2.45) is 0 Å². The van der Waals surface area contributed by atoms with Gasteiger partial charge in [-0.2, -0.15) is 0 Å². The second-order valence-corrected chi connectivity index (χ2v) is 11.2. The van der Waals surface area contributed by atoms with E-state index < -0.39 is 12.1 Å². The number of hydrogen-bond acceptors (Lipinski definition) is 6. The third kappa shape index (κ3) is 7.86. The second-order valence-electron chi connectivity index (χ2n) is 10.4. The summed E-state index contributed by atoms with van der Waals surface area (Å²) in [4.78, 5) is 44.0. The lowest BCUT2D eigenvalue weighted by atomic mass is 10.0. The number of hydrogen-bond donors (Lipinski definition) is 3. The fourth-order valence-electron chi connectivity index (χ4n) is 5.14. The summed E-state index contributed by atoms with van der Waals surface area (Å²) in [7, 11) is 1.29. The van der Waals surface area contributed by atoms with Gasteiger partial charge in [0.1, 0.15) is 22.8 Å². The average molecular weight is 634 g/mol. The van der Waals surface area contributed by atoms with Crippen LogP contribution in [0.3, 0.4) is 0 Å². The number of benzene rings is 3. The van der Waals surface area contributed by atoms with E-state index in [4.69, 9.17) is 32.9 Å². The first-order chi connectivity index (χ1) is 21.2. The number of esters is 1. The van der Waals surface area contributed by atoms with Crippen LogP contribution in [0.2, 0.25) is 10.2 Å². The summed E-state index contributed by atoms with van der Waals surface area (Å²) in [6, 6.07) is 19.7. The zero-order valence-electron chi connectivity index (χ0n) is 24.0. The molecular weight excluding hydrogens is 603 g/mol. The number of imidazole rings is 1. The smallest absolute Gasteiger partial charge is 0.411 e. The van der Waals surface area contributed by atoms with Crippen molar-refractivity contribution < 1.29 is 23.9 Å². The molecule has 0 fully saturated rings. The Morgan fingerprint density at radius 3 is 2.55 bits per heavy atom. The highest BCUT2D eigenvalue weighted by Crippen LogP contribution is 2.31. The molecule has 2 unspecified atom stereocenters. The molecule has 0 aliphatic heterocycles. The topological polar surface area (TPSA) is 122 Å². The van der Waals surface area contributed by atoms with Gasteiger partial charge < -0.3 is 19.8 Å². The van der Waals surface area contributed by atoms with E-state index in [2.05, 4.69) is 26.4 Å². The number of nitrogens with zero attached hydrogens (tertiary/aromatic N) is 1. The predicted molar refractivity (Wildman–Crippen MR) is 170 cm³/mol. The Kier molecular flexibility index (Phi) is 9.67. The monoisotopic (exact) mass is 632 g/mol. The molecule has 3 N–H and O–H groups in total. The van der Waals surface area contributed by atoms with Crippen molar-refractivity contribution in [2.75, 3.05) is 12.4 Å². The molecular formula is C33H30Cl2N4O5. The summed E-state index contributed by atoms with van der Waals surface area (Å²) in [5.74, 6) is -0.139. The largest absolute Gasteiger partial charge is 0.462 e. The lowest BCUT2D eigenvalue weighted by Crippen LogP contribution is -2.29. The van der Waals surface area contributed by atoms with Crippen LogP contribution >= 0.6 is 23.2 Å². The maximum atomic E-state index is 13.1. The van der Waals surface area contributed by atoms with Gasteiger partial charge in [-0.1, -0.05) is 65.7 Å². The number of H-pyrrole nitrogens is 1. The minimum absolute atomic E-state index is 0.175. The van der Waals surface area contributed by atoms with Crippen LogP contribution < -0.4 is 10.6 Å². The number of halogens is 2. The molecule has 2 amide bonds. The van der Waals surface area contributed by atoms with Gasteiger partial charge >= 0.3 is 12.1 Å². The molecule has 1 aromatic heterocycles. The number of nitrogens with one attached hydrogen (secondary N) is 3. The standard InChI is InChI=1S/C33H30Cl2N4O5/c1-19(40)44-27-17-23-8-6-21(14-24(23)18-27)16-28(37-29(41)13-7-20-4-3-5-25(34)15-20)32-38-30(31(35)39-32)22-9-11-26(12-10-22)36-33(42)43-2/h3-15,27-28H,16-18H2,1-2H3,(H,36,42)(H,37,41)(H,38,39)/b13-7+. The molecule has 0 radical (unpaired) electrons. The van der Waals surface area contributed by atoms with Gasteiger partial charge in [0.15, 0.2) is 0 Å². The molecule has 1 aliphatic rings. The fourth-order valence-corrected chi connectivity index (χ4v) is 5.58. The van der Waals surface area contributed by atoms with Crippen LogP contribution in [-0.2, 0) is 38.3 Å². The zero-order chi connectivity index (χ0) is 31.2. The van der Waals surface area contributed by atoms with E-state index >= 15 is 0 Å². The van der Waals surface area contributed by atoms with Crippen molar-refractivity contribution in [1.29, 1.82) is 0 Å². The maximum absolute atomic E-state index is 13.1. The molecule has 0 spiro atoms. The van der Waals surface area contributed by atoms with Gasteiger partial charge in [-0.3, -0.25) is 14.9 Å². The van der Waals surface area contributed by atoms with Crippen LogP contribution in [0.15, 0.2) is 72.8 Å². The normalized spacial score (nSPS) is 14.6. The Bertz CT molecular complexity index is 1720. The van der Waals surface area contributed by atoms with E-state index in [1.54, 1.807) is 42.5 Å². The van der Waals surface area contributed by atoms with Gasteiger partial charge in [0.05, 0.1) is 13.2 Å². The molecule has 0 saturated heterocycles. The van der Waals surface area contributed by atoms with Gasteiger partial charge in [-0.15, -0.1) is 0 Å². The first kappa shape index (κ1) is 30.8. The first-order valence-corrected chi connectivity index (χ1v) is 14.6. The van der Waals surface area contributed by atoms with Gasteiger partial charge in [0.25, 0.3) is 0 Å². The van der Waals surface area contributed by atoms with Crippen LogP contribution in [0.4, 0.5) is 10.5 Å². The van der Waals surface area contributed by atoms with Crippen molar-refractivity contribution in [3.63, 3.8) is 0 Å². The van der Waals surface area contributed by atoms with E-state index in [1.807, 2.05) is 24.3 Å². The van der Waals surface area contributed by atoms with Crippen molar-refractivity contribution >= 4 is 52.9 Å². The molecule has 2 atom stereocenters. The van der Waals surface area contributed by atoms with Crippen molar-refractivity contribution in [2.45, 2.75) is 38.3 Å². The highest BCUT2D eigenvalue weighted by molar-refractivity contribution is 6.32. The van der Waals surface area contributed by atoms with Crippen LogP contribution in [0, 0.1) is 0 Å². The molecule has 3 aromatic carbocycles. The lowest BCUT2D eigenvalue weighted by Gasteiger charge is -2.17. The fraction of sp³-hybridized carbons (Fsp3) is 0.212. The molecule has 0 saturated carbocycles. The summed E-state index contributed by atoms with van der Waals surface area (Å²) in [6.45, 7) is 1.42. The quantitative estimate of drug-likeness (QED) is 0.139. The maximum Gasteiger partial charge on any atom is 0.411 e. The van der Waals surface area contributed by atoms with Gasteiger partial charge in [0, 0.05) is 42.1 Å². The molecule has 1 aliphatic carbocycles. The number of methoxy groups -OCH3 is 1. The van der Waals surface area contributed by atoms with Crippen LogP contribution in [0.1, 0.15) is 41.0 Å². The van der Waals surface area contributed by atoms with E-state index in [0.29, 0.717) is 52.2 Å². The van der Waals surface area contributed by atoms with Gasteiger partial charge in [-0.05, 0) is 59.0 Å². The summed E-state index contributed by atoms with van der Waals surface area (Å²) in [5.41, 5.74) is 5.78. The van der Waals surface area contributed by atoms with Crippen molar-refractivity contribution in [1.82, 2.24) is 15.3 Å². The number of carbonyl (C=O) groups is 3. The van der Waals surface area contributed by atoms with E-state index in [-0.39, 0.29) is 18.0 Å². The molecule has 9 nitrogen and oxygen atoms in total. The molecule has 11 heteroatoms. The number of anilines is 1. The number of aromatic nitrogens is 2. The number of fused-ring (bicyclic) bond motifs is 1. The molecule has 44 heavy (non-hydrogen) atoms. The molecule has 1 heterocycles. The zero-order valence-corrected chi connectivity index (χ0v) is 25.5. The number of rotatable bonds is 9. The minimum atomic E-state index is -0.575. The first-order valence-electron chi connectivity index (χ1n) is 13.9. The Balaban J connectivity index is 1.39. The number of ether oxygens (including phenoxy) is 2. The number of aromatic amines is 1. The third-order valence-electron chi connectivity index (χ3n) is 7.13. The van der Waals surface area contributed by atoms with Gasteiger partial charge in [0.2, 0.25) is 5.91 Å². The SMILES string of the molecule is COC(=O)Nc1ccc(-c2nc(C(Cc3ccc4c(c3)CC(OC(C)=O)C4)NC(=O)/C=C/c3cccc(Cl)c3)[nH]c2Cl)cc1.